The summed E-state index contributed by atoms with van der Waals surface area (Å²) < 4.78 is 65.8. The first-order valence-corrected chi connectivity index (χ1v) is 10.7. The standard InChI is InChI=1S/C14H12N2O7S3.2Na.2H/c1-8-5-9(25(18,19)20)6-12(26(21,22)23)14(8)16-13(17)7-10(15-16)11-3-2-4-24-11;;;;/h2-7,15H,1H3,(H,18,19,20)(H,21,22,23);;;;. The predicted molar refractivity (Wildman–Crippen MR) is 108 cm³/mol. The van der Waals surface area contributed by atoms with Crippen LogP contribution in [-0.2, 0) is 20.2 Å². The van der Waals surface area contributed by atoms with E-state index in [2.05, 4.69) is 5.10 Å². The number of rotatable bonds is 4. The average molecular weight is 464 g/mol. The summed E-state index contributed by atoms with van der Waals surface area (Å²) in [4.78, 5) is 11.5. The van der Waals surface area contributed by atoms with Gasteiger partial charge in [-0.15, -0.1) is 11.3 Å². The van der Waals surface area contributed by atoms with Gasteiger partial charge in [-0.3, -0.25) is 19.0 Å². The molecule has 0 saturated carbocycles. The Morgan fingerprint density at radius 2 is 1.68 bits per heavy atom. The van der Waals surface area contributed by atoms with E-state index in [-0.39, 0.29) is 70.4 Å². The molecule has 9 nitrogen and oxygen atoms in total. The summed E-state index contributed by atoms with van der Waals surface area (Å²) in [6, 6.07) is 6.35. The molecule has 0 atom stereocenters. The van der Waals surface area contributed by atoms with Gasteiger partial charge in [0.05, 0.1) is 21.2 Å². The van der Waals surface area contributed by atoms with Crippen LogP contribution in [0.1, 0.15) is 5.56 Å². The van der Waals surface area contributed by atoms with Crippen molar-refractivity contribution in [2.45, 2.75) is 16.7 Å². The number of thiophene rings is 1. The Balaban J connectivity index is 0.00000196. The number of benzene rings is 1. The minimum atomic E-state index is -4.90. The second-order valence-corrected chi connectivity index (χ2v) is 9.12. The molecule has 1 aromatic carbocycles. The number of nitrogens with one attached hydrogen (secondary N) is 1. The maximum atomic E-state index is 12.3. The minimum absolute atomic E-state index is 0. The van der Waals surface area contributed by atoms with Gasteiger partial charge in [-0.25, -0.2) is 4.68 Å². The van der Waals surface area contributed by atoms with Crippen LogP contribution in [0, 0.1) is 6.92 Å². The number of nitrogens with zero attached hydrogens (tertiary/aromatic N) is 1. The number of aromatic nitrogens is 2. The van der Waals surface area contributed by atoms with E-state index in [1.165, 1.54) is 24.3 Å². The molecule has 0 radical (unpaired) electrons. The van der Waals surface area contributed by atoms with Crippen molar-refractivity contribution in [3.63, 3.8) is 0 Å². The van der Waals surface area contributed by atoms with E-state index in [9.17, 15) is 26.2 Å². The zero-order valence-electron chi connectivity index (χ0n) is 13.1. The average Bonchev–Trinajstić information content (AvgIpc) is 3.14. The van der Waals surface area contributed by atoms with Crippen LogP contribution in [0.2, 0.25) is 0 Å². The van der Waals surface area contributed by atoms with Crippen LogP contribution < -0.4 is 5.56 Å². The maximum absolute atomic E-state index is 12.3. The fourth-order valence-electron chi connectivity index (χ4n) is 2.47. The Kier molecular flexibility index (Phi) is 8.53. The Morgan fingerprint density at radius 3 is 2.18 bits per heavy atom. The monoisotopic (exact) mass is 464 g/mol. The van der Waals surface area contributed by atoms with Crippen LogP contribution in [0.4, 0.5) is 0 Å². The Bertz CT molecular complexity index is 1260. The van der Waals surface area contributed by atoms with E-state index < -0.39 is 35.6 Å². The second kappa shape index (κ2) is 9.27. The molecule has 0 fully saturated rings. The third-order valence-electron chi connectivity index (χ3n) is 3.55. The molecular formula is C14H14N2Na2O7S3. The summed E-state index contributed by atoms with van der Waals surface area (Å²) in [7, 11) is -9.62. The molecule has 28 heavy (non-hydrogen) atoms. The molecule has 0 saturated heterocycles. The fourth-order valence-corrected chi connectivity index (χ4v) is 4.60. The zero-order chi connectivity index (χ0) is 19.3. The number of aryl methyl sites for hydroxylation is 1. The van der Waals surface area contributed by atoms with E-state index in [0.717, 1.165) is 15.6 Å². The van der Waals surface area contributed by atoms with Gasteiger partial charge < -0.3 is 0 Å². The normalized spacial score (nSPS) is 11.5. The van der Waals surface area contributed by atoms with E-state index in [1.54, 1.807) is 17.5 Å². The summed E-state index contributed by atoms with van der Waals surface area (Å²) >= 11 is 1.35. The molecule has 3 rings (SSSR count). The zero-order valence-corrected chi connectivity index (χ0v) is 15.5. The second-order valence-electron chi connectivity index (χ2n) is 5.36. The van der Waals surface area contributed by atoms with Gasteiger partial charge in [0.1, 0.15) is 4.90 Å². The summed E-state index contributed by atoms with van der Waals surface area (Å²) in [6.45, 7) is 1.34. The number of hydrogen-bond acceptors (Lipinski definition) is 6. The molecule has 0 aliphatic heterocycles. The van der Waals surface area contributed by atoms with Gasteiger partial charge in [-0.1, -0.05) is 6.07 Å². The molecule has 2 heterocycles. The van der Waals surface area contributed by atoms with Gasteiger partial charge in [0.25, 0.3) is 25.8 Å². The molecule has 14 heteroatoms. The number of H-pyrrole nitrogens is 1. The first kappa shape index (κ1) is 25.8. The quantitative estimate of drug-likeness (QED) is 0.374. The third kappa shape index (κ3) is 5.26. The van der Waals surface area contributed by atoms with Crippen LogP contribution in [-0.4, -0.2) is 94.8 Å². The van der Waals surface area contributed by atoms with Crippen LogP contribution in [0.3, 0.4) is 0 Å². The molecule has 0 amide bonds. The van der Waals surface area contributed by atoms with E-state index in [0.29, 0.717) is 11.8 Å². The molecule has 2 aromatic heterocycles. The molecule has 0 bridgehead atoms. The van der Waals surface area contributed by atoms with E-state index in [4.69, 9.17) is 4.55 Å². The first-order valence-electron chi connectivity index (χ1n) is 6.94. The molecule has 0 unspecified atom stereocenters. The predicted octanol–water partition coefficient (Wildman–Crippen LogP) is 0.399. The van der Waals surface area contributed by atoms with E-state index in [1.807, 2.05) is 0 Å². The number of hydrogen-bond donors (Lipinski definition) is 3. The van der Waals surface area contributed by atoms with Crippen molar-refractivity contribution < 1.29 is 25.9 Å². The molecule has 0 aliphatic carbocycles. The van der Waals surface area contributed by atoms with Crippen LogP contribution in [0.5, 0.6) is 0 Å². The van der Waals surface area contributed by atoms with Crippen molar-refractivity contribution in [1.29, 1.82) is 0 Å². The van der Waals surface area contributed by atoms with Crippen molar-refractivity contribution in [1.82, 2.24) is 9.78 Å². The SMILES string of the molecule is Cc1cc(S(=O)(=O)O)cc(S(=O)(=O)O)c1-n1[nH]c(-c2cccs2)cc1=O.[NaH].[NaH]. The van der Waals surface area contributed by atoms with Crippen molar-refractivity contribution in [2.24, 2.45) is 0 Å². The van der Waals surface area contributed by atoms with Crippen molar-refractivity contribution in [3.8, 4) is 16.3 Å². The molecule has 3 aromatic rings. The van der Waals surface area contributed by atoms with Gasteiger partial charge in [-0.05, 0) is 36.1 Å². The van der Waals surface area contributed by atoms with Crippen LogP contribution >= 0.6 is 11.3 Å². The summed E-state index contributed by atoms with van der Waals surface area (Å²) in [6.07, 6.45) is 0. The van der Waals surface area contributed by atoms with Crippen LogP contribution in [0.25, 0.3) is 16.3 Å². The Morgan fingerprint density at radius 1 is 1.04 bits per heavy atom. The number of aromatic amines is 1. The third-order valence-corrected chi connectivity index (χ3v) is 6.15. The summed E-state index contributed by atoms with van der Waals surface area (Å²) in [5, 5.41) is 4.53. The summed E-state index contributed by atoms with van der Waals surface area (Å²) in [5.41, 5.74) is -0.396. The molecular weight excluding hydrogens is 450 g/mol. The topological polar surface area (TPSA) is 147 Å². The van der Waals surface area contributed by atoms with Crippen molar-refractivity contribution in [3.05, 3.63) is 51.6 Å². The van der Waals surface area contributed by atoms with Crippen molar-refractivity contribution in [2.75, 3.05) is 0 Å². The Labute approximate surface area is 208 Å². The summed E-state index contributed by atoms with van der Waals surface area (Å²) in [5.74, 6) is 0. The fraction of sp³-hybridized carbons (Fsp3) is 0.0714. The van der Waals surface area contributed by atoms with Gasteiger partial charge in [0, 0.05) is 6.07 Å². The van der Waals surface area contributed by atoms with E-state index >= 15 is 0 Å². The molecule has 0 spiro atoms. The van der Waals surface area contributed by atoms with Gasteiger partial charge in [0.2, 0.25) is 0 Å². The molecule has 142 valence electrons. The van der Waals surface area contributed by atoms with Gasteiger partial charge in [0.15, 0.2) is 0 Å². The van der Waals surface area contributed by atoms with Gasteiger partial charge in [-0.2, -0.15) is 16.8 Å². The first-order chi connectivity index (χ1) is 12.0. The van der Waals surface area contributed by atoms with Gasteiger partial charge >= 0.3 is 59.1 Å². The Hall–Kier alpha value is -0.250. The van der Waals surface area contributed by atoms with Crippen LogP contribution in [0.15, 0.2) is 50.3 Å². The van der Waals surface area contributed by atoms with Crippen molar-refractivity contribution >= 4 is 90.7 Å². The molecule has 0 aliphatic rings. The molecule has 3 N–H and O–H groups in total.